The Labute approximate surface area is 238 Å². The first-order valence-electron chi connectivity index (χ1n) is 12.5. The molecule has 40 heavy (non-hydrogen) atoms. The van der Waals surface area contributed by atoms with Crippen molar-refractivity contribution < 1.29 is 32.6 Å². The Hall–Kier alpha value is -3.77. The van der Waals surface area contributed by atoms with Gasteiger partial charge in [-0.15, -0.1) is 0 Å². The highest BCUT2D eigenvalue weighted by atomic mass is 79.9. The predicted octanol–water partition coefficient (Wildman–Crippen LogP) is 5.45. The van der Waals surface area contributed by atoms with Crippen LogP contribution in [0.25, 0.3) is 0 Å². The Kier molecular flexibility index (Phi) is 8.89. The minimum absolute atomic E-state index is 0.0308. The largest absolute Gasteiger partial charge is 0.444 e. The lowest BCUT2D eigenvalue weighted by molar-refractivity contribution is -0.121. The van der Waals surface area contributed by atoms with Crippen molar-refractivity contribution in [3.05, 3.63) is 88.2 Å². The fourth-order valence-electron chi connectivity index (χ4n) is 4.21. The second-order valence-corrected chi connectivity index (χ2v) is 11.1. The van der Waals surface area contributed by atoms with Gasteiger partial charge in [0.25, 0.3) is 11.8 Å². The molecule has 12 heteroatoms. The molecular formula is C28H29BrF2N4O5. The molecule has 1 aliphatic rings. The summed E-state index contributed by atoms with van der Waals surface area (Å²) in [6.45, 7) is 5.62. The predicted molar refractivity (Wildman–Crippen MR) is 147 cm³/mol. The molecule has 0 bridgehead atoms. The van der Waals surface area contributed by atoms with E-state index in [1.54, 1.807) is 20.8 Å². The molecule has 3 aromatic rings. The lowest BCUT2D eigenvalue weighted by Gasteiger charge is -2.28. The fraction of sp³-hybridized carbons (Fsp3) is 0.321. The van der Waals surface area contributed by atoms with Gasteiger partial charge in [0.1, 0.15) is 29.0 Å². The summed E-state index contributed by atoms with van der Waals surface area (Å²) < 4.78 is 40.2. The number of hydrogen-bond acceptors (Lipinski definition) is 5. The molecule has 4 rings (SSSR count). The molecule has 0 spiro atoms. The summed E-state index contributed by atoms with van der Waals surface area (Å²) in [5.41, 5.74) is 2.67. The van der Waals surface area contributed by atoms with Gasteiger partial charge < -0.3 is 14.8 Å². The summed E-state index contributed by atoms with van der Waals surface area (Å²) in [6, 6.07) is 12.7. The Bertz CT molecular complexity index is 1370. The maximum atomic E-state index is 13.6. The van der Waals surface area contributed by atoms with E-state index < -0.39 is 47.3 Å². The minimum atomic E-state index is -0.954. The van der Waals surface area contributed by atoms with Gasteiger partial charge >= 0.3 is 6.09 Å². The van der Waals surface area contributed by atoms with Crippen LogP contribution in [0.1, 0.15) is 43.2 Å². The van der Waals surface area contributed by atoms with E-state index in [0.717, 1.165) is 17.7 Å². The van der Waals surface area contributed by atoms with Crippen LogP contribution in [0.5, 0.6) is 0 Å². The number of rotatable bonds is 7. The van der Waals surface area contributed by atoms with Crippen LogP contribution in [-0.4, -0.2) is 51.8 Å². The van der Waals surface area contributed by atoms with Crippen molar-refractivity contribution in [2.45, 2.75) is 51.5 Å². The second kappa shape index (κ2) is 12.2. The first-order valence-corrected chi connectivity index (χ1v) is 13.3. The molecule has 1 saturated heterocycles. The Morgan fingerprint density at radius 3 is 2.38 bits per heavy atom. The van der Waals surface area contributed by atoms with Gasteiger partial charge in [-0.1, -0.05) is 30.3 Å². The zero-order valence-corrected chi connectivity index (χ0v) is 23.7. The van der Waals surface area contributed by atoms with Gasteiger partial charge in [0, 0.05) is 24.4 Å². The van der Waals surface area contributed by atoms with Crippen LogP contribution in [0.2, 0.25) is 0 Å². The minimum Gasteiger partial charge on any atom is -0.444 e. The molecule has 2 N–H and O–H groups in total. The number of halogens is 3. The molecule has 2 unspecified atom stereocenters. The van der Waals surface area contributed by atoms with Gasteiger partial charge in [0.2, 0.25) is 0 Å². The van der Waals surface area contributed by atoms with Crippen molar-refractivity contribution in [3.63, 3.8) is 0 Å². The number of carbonyl (C=O) groups excluding carboxylic acids is 3. The number of nitrogens with one attached hydrogen (secondary N) is 2. The molecule has 0 radical (unpaired) electrons. The van der Waals surface area contributed by atoms with Crippen LogP contribution < -0.4 is 10.7 Å². The average molecular weight is 619 g/mol. The third kappa shape index (κ3) is 7.45. The molecule has 0 saturated carbocycles. The molecule has 0 aliphatic carbocycles. The molecule has 2 atom stereocenters. The SMILES string of the molecule is CC(C)(C)OC(=O)N1CC(OCc2ccccc2)CC1C(=O)Nn1ccc(Br)c1C(=O)Nc1cc(F)cc(F)c1. The van der Waals surface area contributed by atoms with E-state index in [1.807, 2.05) is 30.3 Å². The van der Waals surface area contributed by atoms with Crippen molar-refractivity contribution >= 4 is 39.5 Å². The van der Waals surface area contributed by atoms with Crippen LogP contribution >= 0.6 is 15.9 Å². The Morgan fingerprint density at radius 1 is 1.05 bits per heavy atom. The Morgan fingerprint density at radius 2 is 1.73 bits per heavy atom. The molecule has 9 nitrogen and oxygen atoms in total. The van der Waals surface area contributed by atoms with Gasteiger partial charge in [-0.3, -0.25) is 24.6 Å². The zero-order valence-electron chi connectivity index (χ0n) is 22.1. The highest BCUT2D eigenvalue weighted by molar-refractivity contribution is 9.10. The van der Waals surface area contributed by atoms with Crippen molar-refractivity contribution in [1.29, 1.82) is 0 Å². The number of likely N-dealkylation sites (tertiary alicyclic amines) is 1. The third-order valence-corrected chi connectivity index (χ3v) is 6.56. The summed E-state index contributed by atoms with van der Waals surface area (Å²) in [6.07, 6.45) is 0.521. The van der Waals surface area contributed by atoms with Gasteiger partial charge in [-0.2, -0.15) is 0 Å². The number of hydrogen-bond donors (Lipinski definition) is 2. The van der Waals surface area contributed by atoms with Crippen LogP contribution in [0.4, 0.5) is 19.3 Å². The van der Waals surface area contributed by atoms with E-state index in [0.29, 0.717) is 17.1 Å². The van der Waals surface area contributed by atoms with Crippen molar-refractivity contribution in [2.24, 2.45) is 0 Å². The van der Waals surface area contributed by atoms with Crippen molar-refractivity contribution in [1.82, 2.24) is 9.58 Å². The van der Waals surface area contributed by atoms with E-state index in [4.69, 9.17) is 9.47 Å². The number of anilines is 1. The van der Waals surface area contributed by atoms with Crippen LogP contribution in [0, 0.1) is 11.6 Å². The first-order chi connectivity index (χ1) is 18.9. The molecule has 1 fully saturated rings. The summed E-state index contributed by atoms with van der Waals surface area (Å²) in [5.74, 6) is -3.02. The quantitative estimate of drug-likeness (QED) is 0.367. The van der Waals surface area contributed by atoms with Crippen molar-refractivity contribution in [3.8, 4) is 0 Å². The lowest BCUT2D eigenvalue weighted by atomic mass is 10.2. The number of aromatic nitrogens is 1. The normalized spacial score (nSPS) is 17.0. The molecule has 2 heterocycles. The highest BCUT2D eigenvalue weighted by Crippen LogP contribution is 2.26. The summed E-state index contributed by atoms with van der Waals surface area (Å²) in [5, 5.41) is 2.42. The number of carbonyl (C=O) groups is 3. The van der Waals surface area contributed by atoms with Crippen LogP contribution in [-0.2, 0) is 20.9 Å². The van der Waals surface area contributed by atoms with E-state index >= 15 is 0 Å². The van der Waals surface area contributed by atoms with Gasteiger partial charge in [-0.25, -0.2) is 13.6 Å². The molecular weight excluding hydrogens is 590 g/mol. The lowest BCUT2D eigenvalue weighted by Crippen LogP contribution is -2.47. The van der Waals surface area contributed by atoms with Gasteiger partial charge in [-0.05, 0) is 60.5 Å². The van der Waals surface area contributed by atoms with Crippen LogP contribution in [0.15, 0.2) is 65.3 Å². The highest BCUT2D eigenvalue weighted by Gasteiger charge is 2.42. The van der Waals surface area contributed by atoms with Gasteiger partial charge in [0.05, 0.1) is 23.7 Å². The van der Waals surface area contributed by atoms with E-state index in [1.165, 1.54) is 21.8 Å². The molecule has 212 valence electrons. The van der Waals surface area contributed by atoms with E-state index in [9.17, 15) is 23.2 Å². The number of amides is 3. The monoisotopic (exact) mass is 618 g/mol. The zero-order chi connectivity index (χ0) is 29.0. The topological polar surface area (TPSA) is 102 Å². The molecule has 1 aromatic heterocycles. The molecule has 2 aromatic carbocycles. The number of benzene rings is 2. The van der Waals surface area contributed by atoms with E-state index in [-0.39, 0.29) is 24.3 Å². The Balaban J connectivity index is 1.50. The fourth-order valence-corrected chi connectivity index (χ4v) is 4.70. The smallest absolute Gasteiger partial charge is 0.411 e. The molecule has 3 amide bonds. The summed E-state index contributed by atoms with van der Waals surface area (Å²) in [4.78, 5) is 40.8. The van der Waals surface area contributed by atoms with Crippen LogP contribution in [0.3, 0.4) is 0 Å². The second-order valence-electron chi connectivity index (χ2n) is 10.3. The van der Waals surface area contributed by atoms with Crippen molar-refractivity contribution in [2.75, 3.05) is 17.3 Å². The van der Waals surface area contributed by atoms with Gasteiger partial charge in [0.15, 0.2) is 0 Å². The first kappa shape index (κ1) is 29.2. The summed E-state index contributed by atoms with van der Waals surface area (Å²) >= 11 is 3.27. The standard InChI is InChI=1S/C28H29BrF2N4O5/c1-28(2,3)40-27(38)34-15-21(39-16-17-7-5-4-6-8-17)14-23(34)25(36)33-35-10-9-22(29)24(35)26(37)32-20-12-18(30)11-19(31)13-20/h4-13,21,23H,14-16H2,1-3H3,(H,32,37)(H,33,36). The number of nitrogens with zero attached hydrogens (tertiary/aromatic N) is 2. The average Bonchev–Trinajstić information content (AvgIpc) is 3.45. The third-order valence-electron chi connectivity index (χ3n) is 5.93. The maximum Gasteiger partial charge on any atom is 0.411 e. The molecule has 1 aliphatic heterocycles. The maximum absolute atomic E-state index is 13.6. The van der Waals surface area contributed by atoms with E-state index in [2.05, 4.69) is 26.7 Å². The number of ether oxygens (including phenoxy) is 2. The summed E-state index contributed by atoms with van der Waals surface area (Å²) in [7, 11) is 0.